The molecule has 0 bridgehead atoms. The summed E-state index contributed by atoms with van der Waals surface area (Å²) >= 11 is 0.395. The molecule has 8 aromatic carbocycles. The number of anilines is 1. The molecule has 0 aliphatic rings. The van der Waals surface area contributed by atoms with Crippen molar-refractivity contribution in [2.24, 2.45) is 40.9 Å². The van der Waals surface area contributed by atoms with E-state index in [1.165, 1.54) is 36.4 Å². The highest BCUT2D eigenvalue weighted by Crippen LogP contribution is 2.53. The molecule has 0 aliphatic carbocycles. The van der Waals surface area contributed by atoms with Crippen LogP contribution in [0.5, 0.6) is 17.2 Å². The Morgan fingerprint density at radius 1 is 0.360 bits per heavy atom. The van der Waals surface area contributed by atoms with E-state index in [9.17, 15) is 80.2 Å². The summed E-state index contributed by atoms with van der Waals surface area (Å²) in [5, 5.41) is 98.2. The van der Waals surface area contributed by atoms with Gasteiger partial charge in [0.2, 0.25) is 0 Å². The van der Waals surface area contributed by atoms with Crippen LogP contribution in [0, 0.1) is 0 Å². The standard InChI is InChI=1S/C42H29N9O27S8/c43-34-26(48-46-24-11-10-18-20(42(24)86(70,71)72)15-32(84(64,65)66)37(39(18)53)51-44-22-5-1-3-7-27(22)79-76-73-55)16-31(83(61,62)63)21-14-29(81-78-75-57)36(40(54)33(21)34)50-47-25-12-9-17-19(41(25)85(67,68)69)13-28(80-77-74-56)35(38(17)52)49-45-23-6-2-4-8-30(23)82(58,59)60/h1-16,52-57H,43H2,(H,58,59,60)(H,61,62,63)(H,64,65,66)(H,67,68,69)(H,70,71,72). The Morgan fingerprint density at radius 3 is 1.29 bits per heavy atom. The lowest BCUT2D eigenvalue weighted by Crippen LogP contribution is -2.03. The van der Waals surface area contributed by atoms with Crippen LogP contribution in [-0.2, 0) is 78.7 Å². The van der Waals surface area contributed by atoms with Crippen molar-refractivity contribution in [1.29, 1.82) is 0 Å². The normalized spacial score (nSPS) is 13.1. The highest BCUT2D eigenvalue weighted by atomic mass is 32.2. The molecule has 0 atom stereocenters. The zero-order valence-corrected chi connectivity index (χ0v) is 47.6. The van der Waals surface area contributed by atoms with Crippen LogP contribution in [0.1, 0.15) is 0 Å². The molecule has 0 saturated heterocycles. The van der Waals surface area contributed by atoms with Crippen molar-refractivity contribution in [3.63, 3.8) is 0 Å². The van der Waals surface area contributed by atoms with Crippen molar-refractivity contribution in [2.45, 2.75) is 39.2 Å². The minimum atomic E-state index is -5.64. The first-order valence-electron chi connectivity index (χ1n) is 21.8. The molecule has 44 heteroatoms. The second-order valence-corrected chi connectivity index (χ2v) is 25.4. The Bertz CT molecular complexity index is 4830. The van der Waals surface area contributed by atoms with E-state index in [1.807, 2.05) is 0 Å². The summed E-state index contributed by atoms with van der Waals surface area (Å²) in [6.45, 7) is 0. The first-order valence-corrected chi connectivity index (χ1v) is 31.3. The van der Waals surface area contributed by atoms with Gasteiger partial charge in [-0.25, -0.2) is 15.8 Å². The first-order chi connectivity index (χ1) is 40.4. The second-order valence-electron chi connectivity index (χ2n) is 16.3. The van der Waals surface area contributed by atoms with Crippen molar-refractivity contribution >= 4 is 170 Å². The van der Waals surface area contributed by atoms with E-state index in [0.717, 1.165) is 48.5 Å². The van der Waals surface area contributed by atoms with Gasteiger partial charge in [0.25, 0.3) is 50.6 Å². The van der Waals surface area contributed by atoms with E-state index in [0.29, 0.717) is 24.2 Å². The van der Waals surface area contributed by atoms with Crippen molar-refractivity contribution in [2.75, 3.05) is 5.73 Å². The molecule has 0 saturated carbocycles. The zero-order valence-electron chi connectivity index (χ0n) is 41.1. The molecular weight excluding hydrogens is 1320 g/mol. The Kier molecular flexibility index (Phi) is 19.0. The summed E-state index contributed by atoms with van der Waals surface area (Å²) < 4.78 is 193. The number of benzene rings is 8. The summed E-state index contributed by atoms with van der Waals surface area (Å²) in [6, 6.07) is 16.1. The third kappa shape index (κ3) is 13.6. The van der Waals surface area contributed by atoms with E-state index < -0.39 is 180 Å². The van der Waals surface area contributed by atoms with Crippen LogP contribution in [0.3, 0.4) is 0 Å². The molecule has 0 aliphatic heterocycles. The summed E-state index contributed by atoms with van der Waals surface area (Å²) in [5.74, 6) is -3.39. The van der Waals surface area contributed by atoms with Gasteiger partial charge in [-0.3, -0.25) is 22.8 Å². The number of fused-ring (bicyclic) bond motifs is 3. The summed E-state index contributed by atoms with van der Waals surface area (Å²) in [7, 11) is -27.1. The van der Waals surface area contributed by atoms with Gasteiger partial charge in [0, 0.05) is 26.9 Å². The molecule has 0 aromatic heterocycles. The predicted molar refractivity (Wildman–Crippen MR) is 292 cm³/mol. The summed E-state index contributed by atoms with van der Waals surface area (Å²) in [4.78, 5) is -6.74. The quantitative estimate of drug-likeness (QED) is 0.00749. The van der Waals surface area contributed by atoms with Crippen molar-refractivity contribution in [3.05, 3.63) is 97.1 Å². The monoisotopic (exact) mass is 1350 g/mol. The highest BCUT2D eigenvalue weighted by molar-refractivity contribution is 7.95. The van der Waals surface area contributed by atoms with E-state index in [4.69, 9.17) is 21.5 Å². The number of azo groups is 4. The minimum absolute atomic E-state index is 0.0382. The molecule has 8 rings (SSSR count). The lowest BCUT2D eigenvalue weighted by atomic mass is 10.0. The number of nitrogens with two attached hydrogens (primary N) is 1. The summed E-state index contributed by atoms with van der Waals surface area (Å²) in [5.41, 5.74) is -0.152. The van der Waals surface area contributed by atoms with Crippen LogP contribution in [-0.4, -0.2) is 95.9 Å². The maximum atomic E-state index is 13.2. The Balaban J connectivity index is 1.30. The molecule has 8 aromatic rings. The topological polar surface area (TPSA) is 574 Å². The number of phenols is 3. The Hall–Kier alpha value is -7.62. The van der Waals surface area contributed by atoms with Crippen LogP contribution in [0.4, 0.5) is 51.2 Å². The van der Waals surface area contributed by atoms with Crippen LogP contribution >= 0.6 is 36.1 Å². The Labute approximate surface area is 491 Å². The highest BCUT2D eigenvalue weighted by Gasteiger charge is 2.31. The predicted octanol–water partition coefficient (Wildman–Crippen LogP) is 11.0. The maximum absolute atomic E-state index is 13.2. The van der Waals surface area contributed by atoms with Gasteiger partial charge in [-0.2, -0.15) is 42.1 Å². The molecular formula is C42H29N9O27S8. The molecule has 13 N–H and O–H groups in total. The average Bonchev–Trinajstić information content (AvgIpc) is 0.898. The van der Waals surface area contributed by atoms with Crippen molar-refractivity contribution in [1.82, 2.24) is 0 Å². The van der Waals surface area contributed by atoms with E-state index >= 15 is 0 Å². The molecule has 0 heterocycles. The molecule has 86 heavy (non-hydrogen) atoms. The second kappa shape index (κ2) is 25.4. The minimum Gasteiger partial charge on any atom is -0.505 e. The molecule has 0 radical (unpaired) electrons. The lowest BCUT2D eigenvalue weighted by molar-refractivity contribution is -0.432. The molecule has 0 spiro atoms. The first kappa shape index (κ1) is 64.4. The lowest BCUT2D eigenvalue weighted by Gasteiger charge is -2.15. The fourth-order valence-electron chi connectivity index (χ4n) is 7.82. The van der Waals surface area contributed by atoms with Gasteiger partial charge >= 0.3 is 0 Å². The number of nitrogens with zero attached hydrogens (tertiary/aromatic N) is 8. The molecule has 0 unspecified atom stereocenters. The third-order valence-electron chi connectivity index (χ3n) is 11.2. The third-order valence-corrected chi connectivity index (χ3v) is 17.7. The Morgan fingerprint density at radius 2 is 0.767 bits per heavy atom. The number of rotatable bonds is 22. The zero-order chi connectivity index (χ0) is 62.8. The van der Waals surface area contributed by atoms with Crippen LogP contribution < -0.4 is 5.73 Å². The number of hydrogen-bond donors (Lipinski definition) is 12. The van der Waals surface area contributed by atoms with Crippen molar-refractivity contribution in [3.8, 4) is 17.2 Å². The average molecular weight is 1350 g/mol. The van der Waals surface area contributed by atoms with Gasteiger partial charge in [-0.1, -0.05) is 39.4 Å². The van der Waals surface area contributed by atoms with Gasteiger partial charge in [0.15, 0.2) is 17.2 Å². The summed E-state index contributed by atoms with van der Waals surface area (Å²) in [6.07, 6.45) is 0. The molecule has 0 fully saturated rings. The van der Waals surface area contributed by atoms with Gasteiger partial charge < -0.3 is 21.1 Å². The van der Waals surface area contributed by atoms with E-state index in [2.05, 4.69) is 69.0 Å². The van der Waals surface area contributed by atoms with Gasteiger partial charge in [-0.15, -0.1) is 53.9 Å². The van der Waals surface area contributed by atoms with Gasteiger partial charge in [0.05, 0.1) is 61.9 Å². The van der Waals surface area contributed by atoms with Crippen LogP contribution in [0.25, 0.3) is 32.3 Å². The fourth-order valence-corrected chi connectivity index (χ4v) is 12.8. The van der Waals surface area contributed by atoms with Crippen LogP contribution in [0.2, 0.25) is 0 Å². The van der Waals surface area contributed by atoms with Crippen molar-refractivity contribution < 1.29 is 124 Å². The smallest absolute Gasteiger partial charge is 0.297 e. The molecule has 0 amide bonds. The molecule has 452 valence electrons. The molecule has 36 nitrogen and oxygen atoms in total. The van der Waals surface area contributed by atoms with Crippen LogP contribution in [0.15, 0.2) is 177 Å². The van der Waals surface area contributed by atoms with Gasteiger partial charge in [-0.05, 0) is 72.8 Å². The van der Waals surface area contributed by atoms with Gasteiger partial charge in [0.1, 0.15) is 70.0 Å². The number of phenolic OH excluding ortho intramolecular Hbond substituents is 3. The number of hydrogen-bond acceptors (Lipinski definition) is 34. The maximum Gasteiger partial charge on any atom is 0.297 e. The fraction of sp³-hybridized carbons (Fsp3) is 0. The van der Waals surface area contributed by atoms with E-state index in [-0.39, 0.29) is 34.7 Å². The van der Waals surface area contributed by atoms with E-state index in [1.54, 1.807) is 0 Å². The largest absolute Gasteiger partial charge is 0.505 e. The SMILES string of the molecule is Nc1c(N=Nc2ccc3c(O)c(N=Nc4ccccc4SOOO)c(S(=O)(=O)O)cc3c2S(=O)(=O)O)cc(S(=O)(=O)O)c2cc(SOOO)c(N=Nc3ccc4c(O)c(N=Nc5ccccc5S(=O)(=O)O)c(SOOO)cc4c3S(=O)(=O)O)c(O)c12. The number of aromatic hydroxyl groups is 3. The number of nitrogen functional groups attached to an aromatic ring is 1.